The molecule has 51 heteroatoms. The number of ether oxygens (including phenoxy) is 7. The summed E-state index contributed by atoms with van der Waals surface area (Å²) in [4.78, 5) is 61.8. The molecule has 0 N–H and O–H groups in total. The zero-order valence-corrected chi connectivity index (χ0v) is 90.8. The van der Waals surface area contributed by atoms with Crippen molar-refractivity contribution in [2.24, 2.45) is 35.2 Å². The maximum Gasteiger partial charge on any atom is 0.416 e. The normalized spacial score (nSPS) is 10.9. The molecule has 10 aromatic carbocycles. The van der Waals surface area contributed by atoms with Crippen molar-refractivity contribution < 1.29 is 254 Å². The van der Waals surface area contributed by atoms with E-state index >= 15 is 0 Å². The summed E-state index contributed by atoms with van der Waals surface area (Å²) in [6, 6.07) is 56.9. The molecule has 0 fully saturated rings. The van der Waals surface area contributed by atoms with Crippen molar-refractivity contribution in [1.29, 1.82) is 0 Å². The van der Waals surface area contributed by atoms with E-state index in [0.29, 0.717) is 67.8 Å². The molecule has 0 aliphatic rings. The SMILES string of the molecule is CC(C)Oc1cccc(-n2nnn(C)c2=O)c1COc1cc[c-]cc1C(F)F.CCOc1cccc(-n2nnn(C)c2=O)c1COc1cc[c-]cc1C(F)F.CCSc1cccc(-n2nnn(C)c2=O)c1COc1cc[c-]cc1C(F)F.Cc1cccc(-n2nnn(C)c2=O)c1COc1cc[c-]cc1C(F)F.Cn1nnn(-c2cccc(C(F)(F)F)c2COc2cc[c-]cc2C(F)F)c1=O.[Y].[Y].[Y].[Y].[Y]. The molecule has 15 rings (SSSR count). The van der Waals surface area contributed by atoms with Crippen LogP contribution in [0.3, 0.4) is 0 Å². The van der Waals surface area contributed by atoms with Crippen LogP contribution in [0, 0.1) is 37.3 Å². The molecule has 0 saturated carbocycles. The van der Waals surface area contributed by atoms with E-state index in [1.165, 1.54) is 131 Å². The van der Waals surface area contributed by atoms with Gasteiger partial charge in [-0.05, 0) is 174 Å². The first-order valence-electron chi connectivity index (χ1n) is 40.2. The van der Waals surface area contributed by atoms with Crippen molar-refractivity contribution in [2.75, 3.05) is 12.4 Å². The third kappa shape index (κ3) is 30.4. The fourth-order valence-electron chi connectivity index (χ4n) is 12.6. The number of tetrazole rings is 5. The molecule has 0 aliphatic heterocycles. The summed E-state index contributed by atoms with van der Waals surface area (Å²) in [6.07, 6.45) is -18.5. The second-order valence-corrected chi connectivity index (χ2v) is 29.7. The predicted molar refractivity (Wildman–Crippen MR) is 459 cm³/mol. The van der Waals surface area contributed by atoms with Gasteiger partial charge in [0.25, 0.3) is 0 Å². The Morgan fingerprint density at radius 1 is 0.329 bits per heavy atom. The number of nitrogens with zero attached hydrogens (tertiary/aromatic N) is 20. The van der Waals surface area contributed by atoms with Crippen molar-refractivity contribution in [3.8, 4) is 68.7 Å². The summed E-state index contributed by atoms with van der Waals surface area (Å²) in [6.45, 7) is 8.83. The zero-order chi connectivity index (χ0) is 97.5. The summed E-state index contributed by atoms with van der Waals surface area (Å²) < 4.78 is 222. The maximum absolute atomic E-state index is 13.5. The second kappa shape index (κ2) is 56.2. The number of aryl methyl sites for hydroxylation is 6. The first-order chi connectivity index (χ1) is 64.6. The quantitative estimate of drug-likeness (QED) is 0.0221. The van der Waals surface area contributed by atoms with E-state index in [4.69, 9.17) is 33.2 Å². The van der Waals surface area contributed by atoms with Crippen LogP contribution in [0.15, 0.2) is 211 Å². The van der Waals surface area contributed by atoms with Crippen LogP contribution in [0.2, 0.25) is 0 Å². The van der Waals surface area contributed by atoms with Gasteiger partial charge in [-0.25, -0.2) is 67.9 Å². The molecule has 5 heterocycles. The smallest absolute Gasteiger partial charge is 0.416 e. The van der Waals surface area contributed by atoms with E-state index in [1.54, 1.807) is 72.4 Å². The Kier molecular flexibility index (Phi) is 47.7. The average molecular weight is 2350 g/mol. The fourth-order valence-corrected chi connectivity index (χ4v) is 13.5. The third-order valence-corrected chi connectivity index (χ3v) is 20.2. The van der Waals surface area contributed by atoms with Crippen LogP contribution in [0.4, 0.5) is 57.1 Å². The van der Waals surface area contributed by atoms with Crippen LogP contribution in [0.5, 0.6) is 40.2 Å². The molecule has 32 nitrogen and oxygen atoms in total. The van der Waals surface area contributed by atoms with E-state index in [9.17, 15) is 81.0 Å². The third-order valence-electron chi connectivity index (χ3n) is 19.2. The molecule has 5 radical (unpaired) electrons. The molecule has 5 aromatic heterocycles. The number of benzene rings is 10. The average Bonchev–Trinajstić information content (AvgIpc) is 1.39. The molecule has 0 spiro atoms. The number of hydrogen-bond donors (Lipinski definition) is 0. The molecule has 140 heavy (non-hydrogen) atoms. The molecule has 0 unspecified atom stereocenters. The van der Waals surface area contributed by atoms with Crippen molar-refractivity contribution >= 4 is 11.8 Å². The Hall–Kier alpha value is -9.89. The minimum absolute atomic E-state index is 0. The van der Waals surface area contributed by atoms with Gasteiger partial charge in [-0.15, -0.1) is 42.1 Å². The van der Waals surface area contributed by atoms with Gasteiger partial charge in [-0.1, -0.05) is 43.3 Å². The summed E-state index contributed by atoms with van der Waals surface area (Å²) in [7, 11) is 7.23. The van der Waals surface area contributed by atoms with Gasteiger partial charge in [0.1, 0.15) is 44.5 Å². The minimum Gasteiger partial charge on any atom is -0.514 e. The minimum atomic E-state index is -4.77. The van der Waals surface area contributed by atoms with Crippen molar-refractivity contribution in [2.45, 2.75) is 117 Å². The van der Waals surface area contributed by atoms with Crippen LogP contribution in [0.25, 0.3) is 28.4 Å². The first kappa shape index (κ1) is 119. The summed E-state index contributed by atoms with van der Waals surface area (Å²) in [5.41, 5.74) is -0.722. The molecule has 0 aliphatic carbocycles. The Morgan fingerprint density at radius 2 is 0.593 bits per heavy atom. The van der Waals surface area contributed by atoms with E-state index in [2.05, 4.69) is 82.5 Å². The Bertz CT molecular complexity index is 6720. The molecule has 15 aromatic rings. The van der Waals surface area contributed by atoms with Gasteiger partial charge in [-0.2, -0.15) is 151 Å². The number of thioether (sulfide) groups is 1. The van der Waals surface area contributed by atoms with Crippen molar-refractivity contribution in [3.63, 3.8) is 0 Å². The molecular formula is C89H80F13N20O12SY5-5. The summed E-state index contributed by atoms with van der Waals surface area (Å²) in [5.74, 6) is 1.67. The van der Waals surface area contributed by atoms with E-state index in [0.717, 1.165) is 71.9 Å². The van der Waals surface area contributed by atoms with Crippen LogP contribution in [-0.2, 0) is 238 Å². The van der Waals surface area contributed by atoms with Gasteiger partial charge in [0.2, 0.25) is 32.1 Å². The van der Waals surface area contributed by atoms with E-state index in [-0.39, 0.29) is 253 Å². The molecule has 0 saturated heterocycles. The topological polar surface area (TPSA) is 328 Å². The van der Waals surface area contributed by atoms with E-state index in [1.807, 2.05) is 46.8 Å². The summed E-state index contributed by atoms with van der Waals surface area (Å²) >= 11 is 1.56. The maximum atomic E-state index is 13.5. The molecule has 0 atom stereocenters. The Labute approximate surface area is 919 Å². The van der Waals surface area contributed by atoms with Gasteiger partial charge in [-0.3, -0.25) is 0 Å². The molecular weight excluding hydrogens is 2260 g/mol. The Balaban J connectivity index is 0.000000266. The standard InChI is InChI=1S/C19H19F2N4O3.C18H17F2N4O3.C18H17F2N4O2S.C17H12F5N4O2.C17H15F2N4O2.5Y/c1-12(2)28-17-10-6-8-15(25-19(26)24(3)22-23-25)14(17)11-27-16-9-5-4-7-13(16)18(20)21;1-3-26-16-10-6-8-14(24-18(25)23(2)21-22-24)13(16)11-27-15-9-5-4-7-12(15)17(19)20;1-3-27-16-10-6-8-14(24-18(25)23(2)21-22-24)13(16)11-26-15-9-5-4-7-12(15)17(19)20;1-25-16(27)26(24-23-25)13-7-4-6-12(17(20,21)22)11(13)9-28-14-8-3-2-5-10(14)15(18)19;1-11-6-5-8-14(23-17(24)22(2)20-21-23)13(11)10-25-15-9-4-3-7-12(15)16(18)19;;;;;/h5-10,12,18H,11H2,1-3H3;2*5-10,17H,3,11H2,1-2H3;3-8,15H,9H2,1H3;4-9,16H,10H2,1-2H3;;;;;/q5*-1;;;;;. The van der Waals surface area contributed by atoms with Crippen LogP contribution < -0.4 is 61.6 Å². The van der Waals surface area contributed by atoms with Crippen molar-refractivity contribution in [3.05, 3.63) is 332 Å². The van der Waals surface area contributed by atoms with Gasteiger partial charge in [0, 0.05) is 249 Å². The number of hydrogen-bond acceptors (Lipinski definition) is 23. The van der Waals surface area contributed by atoms with Gasteiger partial charge in [0.05, 0.1) is 57.8 Å². The number of alkyl halides is 13. The van der Waals surface area contributed by atoms with Crippen LogP contribution in [0.1, 0.15) is 127 Å². The van der Waals surface area contributed by atoms with E-state index < -0.39 is 90.0 Å². The first-order valence-corrected chi connectivity index (χ1v) is 41.2. The van der Waals surface area contributed by atoms with Gasteiger partial charge in [0.15, 0.2) is 0 Å². The monoisotopic (exact) mass is 2340 g/mol. The van der Waals surface area contributed by atoms with Gasteiger partial charge < -0.3 is 33.2 Å². The zero-order valence-electron chi connectivity index (χ0n) is 75.8. The fraction of sp³-hybridized carbons (Fsp3) is 0.270. The Morgan fingerprint density at radius 3 is 0.886 bits per heavy atom. The number of rotatable bonds is 31. The number of halogens is 13. The van der Waals surface area contributed by atoms with Crippen LogP contribution in [-0.4, -0.2) is 117 Å². The molecule has 725 valence electrons. The second-order valence-electron chi connectivity index (χ2n) is 28.4. The molecule has 0 bridgehead atoms. The van der Waals surface area contributed by atoms with Crippen molar-refractivity contribution in [1.82, 2.24) is 99.0 Å². The van der Waals surface area contributed by atoms with Gasteiger partial charge >= 0.3 is 34.6 Å². The summed E-state index contributed by atoms with van der Waals surface area (Å²) in [5, 5.41) is 37.2. The largest absolute Gasteiger partial charge is 0.514 e. The molecule has 0 amide bonds. The number of aromatic nitrogens is 20. The predicted octanol–water partition coefficient (Wildman–Crippen LogP) is 15.0. The van der Waals surface area contributed by atoms with Crippen LogP contribution >= 0.6 is 11.8 Å².